The molecule has 0 saturated carbocycles. The molecule has 0 aliphatic carbocycles. The fourth-order valence-corrected chi connectivity index (χ4v) is 4.77. The van der Waals surface area contributed by atoms with E-state index in [4.69, 9.17) is 44.3 Å². The molecule has 152 valence electrons. The van der Waals surface area contributed by atoms with Crippen LogP contribution in [0.4, 0.5) is 16.2 Å². The van der Waals surface area contributed by atoms with Crippen LogP contribution in [0, 0.1) is 0 Å². The number of carbonyl (C=O) groups excluding carboxylic acids is 2. The zero-order valence-electron chi connectivity index (χ0n) is 15.1. The van der Waals surface area contributed by atoms with Gasteiger partial charge in [-0.2, -0.15) is 0 Å². The van der Waals surface area contributed by atoms with Gasteiger partial charge in [0.05, 0.1) is 16.7 Å². The van der Waals surface area contributed by atoms with Gasteiger partial charge in [0.1, 0.15) is 11.5 Å². The summed E-state index contributed by atoms with van der Waals surface area (Å²) >= 11 is 19.8. The standard InChI is InChI=1S/C19H15Cl3N2O4S/c1-27-5-6-28-19(26)24-12-4-2-3-11(9-12)23-18(25)17-16(22)15-13(21)7-10(20)8-14(15)29-17/h2-4,7-9H,5-6H2,1H3,(H,23,25)(H,24,26). The van der Waals surface area contributed by atoms with Crippen molar-refractivity contribution in [2.75, 3.05) is 31.0 Å². The normalized spacial score (nSPS) is 10.8. The molecule has 0 bridgehead atoms. The van der Waals surface area contributed by atoms with Crippen LogP contribution in [-0.4, -0.2) is 32.3 Å². The summed E-state index contributed by atoms with van der Waals surface area (Å²) in [6.45, 7) is 0.435. The number of carbonyl (C=O) groups is 2. The Labute approximate surface area is 185 Å². The summed E-state index contributed by atoms with van der Waals surface area (Å²) in [5.41, 5.74) is 0.935. The number of thiophene rings is 1. The van der Waals surface area contributed by atoms with Crippen LogP contribution in [0.2, 0.25) is 15.1 Å². The van der Waals surface area contributed by atoms with Crippen molar-refractivity contribution in [1.82, 2.24) is 0 Å². The zero-order valence-corrected chi connectivity index (χ0v) is 18.1. The molecule has 0 aliphatic rings. The summed E-state index contributed by atoms with van der Waals surface area (Å²) in [6, 6.07) is 9.92. The van der Waals surface area contributed by atoms with Crippen LogP contribution in [0.5, 0.6) is 0 Å². The first-order valence-electron chi connectivity index (χ1n) is 8.30. The van der Waals surface area contributed by atoms with E-state index in [-0.39, 0.29) is 11.6 Å². The Kier molecular flexibility index (Phi) is 7.21. The van der Waals surface area contributed by atoms with Crippen LogP contribution < -0.4 is 10.6 Å². The number of rotatable bonds is 6. The van der Waals surface area contributed by atoms with E-state index in [1.807, 2.05) is 0 Å². The van der Waals surface area contributed by atoms with Gasteiger partial charge in [0.25, 0.3) is 5.91 Å². The highest BCUT2D eigenvalue weighted by Crippen LogP contribution is 2.41. The molecule has 0 fully saturated rings. The van der Waals surface area contributed by atoms with Crippen molar-refractivity contribution in [3.8, 4) is 0 Å². The largest absolute Gasteiger partial charge is 0.447 e. The smallest absolute Gasteiger partial charge is 0.411 e. The van der Waals surface area contributed by atoms with Crippen LogP contribution in [0.15, 0.2) is 36.4 Å². The summed E-state index contributed by atoms with van der Waals surface area (Å²) in [5.74, 6) is -0.400. The Balaban J connectivity index is 1.74. The number of fused-ring (bicyclic) bond motifs is 1. The highest BCUT2D eigenvalue weighted by atomic mass is 35.5. The Morgan fingerprint density at radius 2 is 1.76 bits per heavy atom. The number of ether oxygens (including phenoxy) is 2. The van der Waals surface area contributed by atoms with Crippen molar-refractivity contribution >= 4 is 79.6 Å². The number of anilines is 2. The van der Waals surface area contributed by atoms with E-state index >= 15 is 0 Å². The summed E-state index contributed by atoms with van der Waals surface area (Å²) in [6.07, 6.45) is -0.621. The van der Waals surface area contributed by atoms with Crippen molar-refractivity contribution < 1.29 is 19.1 Å². The van der Waals surface area contributed by atoms with Gasteiger partial charge in [0.15, 0.2) is 0 Å². The Bertz CT molecular complexity index is 1070. The molecule has 0 saturated heterocycles. The SMILES string of the molecule is COCCOC(=O)Nc1cccc(NC(=O)c2sc3cc(Cl)cc(Cl)c3c2Cl)c1. The van der Waals surface area contributed by atoms with E-state index in [9.17, 15) is 9.59 Å². The molecule has 3 aromatic rings. The number of hydrogen-bond donors (Lipinski definition) is 2. The lowest BCUT2D eigenvalue weighted by Crippen LogP contribution is -2.16. The van der Waals surface area contributed by atoms with Crippen molar-refractivity contribution in [2.45, 2.75) is 0 Å². The minimum atomic E-state index is -0.621. The molecule has 0 spiro atoms. The lowest BCUT2D eigenvalue weighted by molar-refractivity contribution is 0.103. The first-order chi connectivity index (χ1) is 13.9. The van der Waals surface area contributed by atoms with Crippen molar-refractivity contribution in [1.29, 1.82) is 0 Å². The first kappa shape index (κ1) is 21.7. The maximum Gasteiger partial charge on any atom is 0.411 e. The molecule has 1 heterocycles. The van der Waals surface area contributed by atoms with E-state index < -0.39 is 12.0 Å². The molecule has 29 heavy (non-hydrogen) atoms. The maximum absolute atomic E-state index is 12.7. The van der Waals surface area contributed by atoms with Gasteiger partial charge in [-0.1, -0.05) is 40.9 Å². The van der Waals surface area contributed by atoms with Gasteiger partial charge >= 0.3 is 6.09 Å². The van der Waals surface area contributed by atoms with Crippen molar-refractivity contribution in [2.24, 2.45) is 0 Å². The fraction of sp³-hybridized carbons (Fsp3) is 0.158. The summed E-state index contributed by atoms with van der Waals surface area (Å²) in [7, 11) is 1.51. The highest BCUT2D eigenvalue weighted by Gasteiger charge is 2.20. The van der Waals surface area contributed by atoms with E-state index in [1.165, 1.54) is 18.4 Å². The van der Waals surface area contributed by atoms with Gasteiger partial charge in [-0.05, 0) is 30.3 Å². The molecule has 0 unspecified atom stereocenters. The molecule has 2 amide bonds. The Morgan fingerprint density at radius 3 is 2.48 bits per heavy atom. The molecule has 0 radical (unpaired) electrons. The number of amides is 2. The number of halogens is 3. The van der Waals surface area contributed by atoms with E-state index in [0.717, 1.165) is 0 Å². The van der Waals surface area contributed by atoms with Crippen LogP contribution >= 0.6 is 46.1 Å². The number of benzene rings is 2. The second-order valence-electron chi connectivity index (χ2n) is 5.79. The average molecular weight is 474 g/mol. The molecular weight excluding hydrogens is 459 g/mol. The summed E-state index contributed by atoms with van der Waals surface area (Å²) in [5, 5.41) is 7.03. The molecule has 1 aromatic heterocycles. The predicted octanol–water partition coefficient (Wildman–Crippen LogP) is 6.31. The van der Waals surface area contributed by atoms with Crippen molar-refractivity contribution in [3.63, 3.8) is 0 Å². The zero-order chi connectivity index (χ0) is 21.0. The minimum absolute atomic E-state index is 0.135. The molecule has 3 rings (SSSR count). The van der Waals surface area contributed by atoms with Gasteiger partial charge in [0, 0.05) is 33.6 Å². The topological polar surface area (TPSA) is 76.7 Å². The lowest BCUT2D eigenvalue weighted by Gasteiger charge is -2.09. The third-order valence-corrected chi connectivity index (χ3v) is 5.89. The molecule has 0 atom stereocenters. The third kappa shape index (κ3) is 5.32. The molecule has 2 N–H and O–H groups in total. The lowest BCUT2D eigenvalue weighted by atomic mass is 10.2. The second-order valence-corrected chi connectivity index (χ2v) is 8.07. The van der Waals surface area contributed by atoms with Gasteiger partial charge in [-0.3, -0.25) is 10.1 Å². The van der Waals surface area contributed by atoms with Gasteiger partial charge < -0.3 is 14.8 Å². The molecule has 10 heteroatoms. The van der Waals surface area contributed by atoms with Crippen LogP contribution in [-0.2, 0) is 9.47 Å². The van der Waals surface area contributed by atoms with E-state index in [0.29, 0.717) is 43.0 Å². The van der Waals surface area contributed by atoms with Gasteiger partial charge in [0.2, 0.25) is 0 Å². The molecule has 0 aliphatic heterocycles. The summed E-state index contributed by atoms with van der Waals surface area (Å²) < 4.78 is 10.5. The maximum atomic E-state index is 12.7. The Morgan fingerprint density at radius 1 is 1.03 bits per heavy atom. The van der Waals surface area contributed by atoms with Crippen LogP contribution in [0.3, 0.4) is 0 Å². The third-order valence-electron chi connectivity index (χ3n) is 3.74. The highest BCUT2D eigenvalue weighted by molar-refractivity contribution is 7.21. The predicted molar refractivity (Wildman–Crippen MR) is 118 cm³/mol. The molecule has 2 aromatic carbocycles. The van der Waals surface area contributed by atoms with Gasteiger partial charge in [-0.15, -0.1) is 11.3 Å². The Hall–Kier alpha value is -2.03. The van der Waals surface area contributed by atoms with Crippen LogP contribution in [0.1, 0.15) is 9.67 Å². The van der Waals surface area contributed by atoms with Gasteiger partial charge in [-0.25, -0.2) is 4.79 Å². The molecular formula is C19H15Cl3N2O4S. The monoisotopic (exact) mass is 472 g/mol. The first-order valence-corrected chi connectivity index (χ1v) is 10.2. The second kappa shape index (κ2) is 9.65. The van der Waals surface area contributed by atoms with Crippen molar-refractivity contribution in [3.05, 3.63) is 56.3 Å². The molecule has 6 nitrogen and oxygen atoms in total. The minimum Gasteiger partial charge on any atom is -0.447 e. The van der Waals surface area contributed by atoms with E-state index in [2.05, 4.69) is 10.6 Å². The number of methoxy groups -OCH3 is 1. The van der Waals surface area contributed by atoms with Crippen LogP contribution in [0.25, 0.3) is 10.1 Å². The quantitative estimate of drug-likeness (QED) is 0.411. The number of hydrogen-bond acceptors (Lipinski definition) is 5. The fourth-order valence-electron chi connectivity index (χ4n) is 2.49. The number of nitrogens with one attached hydrogen (secondary N) is 2. The van der Waals surface area contributed by atoms with E-state index in [1.54, 1.807) is 36.4 Å². The summed E-state index contributed by atoms with van der Waals surface area (Å²) in [4.78, 5) is 24.8. The average Bonchev–Trinajstić information content (AvgIpc) is 2.99.